The molecule has 0 unspecified atom stereocenters. The molecular weight excluding hydrogens is 390 g/mol. The molecule has 0 saturated carbocycles. The lowest BCUT2D eigenvalue weighted by molar-refractivity contribution is 0.0474. The second-order valence-electron chi connectivity index (χ2n) is 5.60. The molecule has 0 fully saturated rings. The molecule has 2 rings (SSSR count). The lowest BCUT2D eigenvalue weighted by Gasteiger charge is -2.18. The van der Waals surface area contributed by atoms with E-state index in [-0.39, 0.29) is 21.0 Å². The molecule has 6 nitrogen and oxygen atoms in total. The maximum Gasteiger partial charge on any atom is 0.338 e. The van der Waals surface area contributed by atoms with Crippen LogP contribution in [0.1, 0.15) is 34.6 Å². The van der Waals surface area contributed by atoms with E-state index in [9.17, 15) is 18.0 Å². The van der Waals surface area contributed by atoms with Crippen molar-refractivity contribution in [3.8, 4) is 0 Å². The van der Waals surface area contributed by atoms with Gasteiger partial charge in [0.15, 0.2) is 6.61 Å². The van der Waals surface area contributed by atoms with Gasteiger partial charge in [0.05, 0.1) is 15.5 Å². The van der Waals surface area contributed by atoms with Gasteiger partial charge in [-0.15, -0.1) is 0 Å². The summed E-state index contributed by atoms with van der Waals surface area (Å²) in [6.45, 7) is 3.62. The molecule has 0 aromatic heterocycles. The van der Waals surface area contributed by atoms with Crippen molar-refractivity contribution in [2.75, 3.05) is 19.7 Å². The third-order valence-electron chi connectivity index (χ3n) is 3.92. The van der Waals surface area contributed by atoms with Gasteiger partial charge >= 0.3 is 5.97 Å². The number of carbonyl (C=O) groups is 2. The Labute approximate surface area is 163 Å². The van der Waals surface area contributed by atoms with Crippen LogP contribution in [0.2, 0.25) is 5.02 Å². The zero-order valence-electron chi connectivity index (χ0n) is 15.0. The van der Waals surface area contributed by atoms with Crippen LogP contribution in [0.15, 0.2) is 53.4 Å². The molecule has 144 valence electrons. The van der Waals surface area contributed by atoms with Gasteiger partial charge in [-0.2, -0.15) is 4.31 Å². The van der Waals surface area contributed by atoms with Crippen molar-refractivity contribution in [2.24, 2.45) is 0 Å². The molecule has 2 aromatic carbocycles. The van der Waals surface area contributed by atoms with Crippen LogP contribution in [-0.4, -0.2) is 44.2 Å². The van der Waals surface area contributed by atoms with Crippen LogP contribution in [0.4, 0.5) is 0 Å². The first-order valence-corrected chi connectivity index (χ1v) is 10.2. The Morgan fingerprint density at radius 3 is 2.33 bits per heavy atom. The number of nitrogens with zero attached hydrogens (tertiary/aromatic N) is 1. The number of halogens is 1. The van der Waals surface area contributed by atoms with E-state index in [1.54, 1.807) is 32.0 Å². The Hall–Kier alpha value is -2.22. The first-order chi connectivity index (χ1) is 12.8. The number of ether oxygens (including phenoxy) is 1. The summed E-state index contributed by atoms with van der Waals surface area (Å²) in [5.41, 5.74) is 0.306. The third-order valence-corrected chi connectivity index (χ3v) is 6.30. The first kappa shape index (κ1) is 21.1. The summed E-state index contributed by atoms with van der Waals surface area (Å²) in [7, 11) is -3.70. The third kappa shape index (κ3) is 4.94. The number of carbonyl (C=O) groups excluding carboxylic acids is 2. The van der Waals surface area contributed by atoms with Gasteiger partial charge in [-0.1, -0.05) is 43.6 Å². The molecule has 0 bridgehead atoms. The zero-order valence-corrected chi connectivity index (χ0v) is 16.6. The van der Waals surface area contributed by atoms with E-state index in [2.05, 4.69) is 0 Å². The van der Waals surface area contributed by atoms with Crippen LogP contribution < -0.4 is 0 Å². The number of hydrogen-bond donors (Lipinski definition) is 0. The van der Waals surface area contributed by atoms with E-state index in [0.29, 0.717) is 13.1 Å². The molecule has 2 aromatic rings. The average molecular weight is 410 g/mol. The highest BCUT2D eigenvalue weighted by molar-refractivity contribution is 7.89. The maximum atomic E-state index is 12.6. The first-order valence-electron chi connectivity index (χ1n) is 8.36. The standard InChI is InChI=1S/C19H20ClNO5S/c1-3-21(4-2)27(24,25)15-9-7-8-14(12-15)19(23)26-13-18(22)16-10-5-6-11-17(16)20/h5-12H,3-4,13H2,1-2H3. The Kier molecular flexibility index (Phi) is 7.12. The van der Waals surface area contributed by atoms with Crippen molar-refractivity contribution in [3.63, 3.8) is 0 Å². The predicted molar refractivity (Wildman–Crippen MR) is 103 cm³/mol. The van der Waals surface area contributed by atoms with Crippen molar-refractivity contribution >= 4 is 33.4 Å². The molecule has 8 heteroatoms. The molecule has 0 amide bonds. The maximum absolute atomic E-state index is 12.6. The largest absolute Gasteiger partial charge is 0.454 e. The SMILES string of the molecule is CCN(CC)S(=O)(=O)c1cccc(C(=O)OCC(=O)c2ccccc2Cl)c1. The van der Waals surface area contributed by atoms with E-state index in [4.69, 9.17) is 16.3 Å². The zero-order chi connectivity index (χ0) is 20.0. The van der Waals surface area contributed by atoms with Gasteiger partial charge in [0.25, 0.3) is 0 Å². The molecule has 0 atom stereocenters. The quantitative estimate of drug-likeness (QED) is 0.493. The van der Waals surface area contributed by atoms with E-state index in [1.807, 2.05) is 0 Å². The normalized spacial score (nSPS) is 11.4. The number of rotatable bonds is 8. The molecule has 27 heavy (non-hydrogen) atoms. The van der Waals surface area contributed by atoms with E-state index in [0.717, 1.165) is 0 Å². The molecule has 0 spiro atoms. The van der Waals surface area contributed by atoms with Crippen molar-refractivity contribution in [2.45, 2.75) is 18.7 Å². The van der Waals surface area contributed by atoms with Gasteiger partial charge in [-0.3, -0.25) is 4.79 Å². The average Bonchev–Trinajstić information content (AvgIpc) is 2.67. The fourth-order valence-corrected chi connectivity index (χ4v) is 4.22. The van der Waals surface area contributed by atoms with E-state index in [1.165, 1.54) is 34.6 Å². The van der Waals surface area contributed by atoms with Gasteiger partial charge in [0.1, 0.15) is 0 Å². The van der Waals surface area contributed by atoms with Crippen LogP contribution in [0.5, 0.6) is 0 Å². The van der Waals surface area contributed by atoms with Crippen molar-refractivity contribution in [1.29, 1.82) is 0 Å². The molecule has 0 aliphatic heterocycles. The van der Waals surface area contributed by atoms with Gasteiger partial charge in [-0.05, 0) is 30.3 Å². The molecule has 0 saturated heterocycles. The minimum atomic E-state index is -3.70. The summed E-state index contributed by atoms with van der Waals surface area (Å²) in [6.07, 6.45) is 0. The van der Waals surface area contributed by atoms with Crippen LogP contribution in [0.3, 0.4) is 0 Å². The second-order valence-corrected chi connectivity index (χ2v) is 7.94. The van der Waals surface area contributed by atoms with E-state index >= 15 is 0 Å². The fraction of sp³-hybridized carbons (Fsp3) is 0.263. The summed E-state index contributed by atoms with van der Waals surface area (Å²) in [4.78, 5) is 24.4. The molecule has 0 radical (unpaired) electrons. The Bertz CT molecular complexity index is 939. The Morgan fingerprint density at radius 1 is 1.04 bits per heavy atom. The summed E-state index contributed by atoms with van der Waals surface area (Å²) < 4.78 is 31.4. The van der Waals surface area contributed by atoms with Gasteiger partial charge in [-0.25, -0.2) is 13.2 Å². The lowest BCUT2D eigenvalue weighted by atomic mass is 10.1. The minimum Gasteiger partial charge on any atom is -0.454 e. The van der Waals surface area contributed by atoms with Crippen molar-refractivity contribution in [3.05, 3.63) is 64.7 Å². The number of ketones is 1. The van der Waals surface area contributed by atoms with Crippen LogP contribution >= 0.6 is 11.6 Å². The summed E-state index contributed by atoms with van der Waals surface area (Å²) in [5.74, 6) is -1.23. The van der Waals surface area contributed by atoms with E-state index < -0.39 is 28.4 Å². The summed E-state index contributed by atoms with van der Waals surface area (Å²) in [6, 6.07) is 12.0. The Balaban J connectivity index is 2.14. The lowest BCUT2D eigenvalue weighted by Crippen LogP contribution is -2.30. The molecule has 0 aliphatic rings. The Morgan fingerprint density at radius 2 is 1.70 bits per heavy atom. The number of esters is 1. The number of benzene rings is 2. The highest BCUT2D eigenvalue weighted by Gasteiger charge is 2.23. The van der Waals surface area contributed by atoms with Crippen LogP contribution in [0, 0.1) is 0 Å². The fourth-order valence-electron chi connectivity index (χ4n) is 2.48. The number of Topliss-reactive ketones (excluding diaryl/α,β-unsaturated/α-hetero) is 1. The minimum absolute atomic E-state index is 0.00178. The van der Waals surface area contributed by atoms with Crippen molar-refractivity contribution < 1.29 is 22.7 Å². The van der Waals surface area contributed by atoms with Crippen LogP contribution in [-0.2, 0) is 14.8 Å². The second kappa shape index (κ2) is 9.12. The molecule has 0 N–H and O–H groups in total. The predicted octanol–water partition coefficient (Wildman–Crippen LogP) is 3.41. The van der Waals surface area contributed by atoms with Crippen molar-refractivity contribution in [1.82, 2.24) is 4.31 Å². The molecule has 0 aliphatic carbocycles. The van der Waals surface area contributed by atoms with Gasteiger partial charge in [0.2, 0.25) is 15.8 Å². The summed E-state index contributed by atoms with van der Waals surface area (Å²) >= 11 is 5.95. The van der Waals surface area contributed by atoms with Gasteiger partial charge in [0, 0.05) is 18.7 Å². The summed E-state index contributed by atoms with van der Waals surface area (Å²) in [5, 5.41) is 0.269. The highest BCUT2D eigenvalue weighted by atomic mass is 35.5. The monoisotopic (exact) mass is 409 g/mol. The van der Waals surface area contributed by atoms with Gasteiger partial charge < -0.3 is 4.74 Å². The van der Waals surface area contributed by atoms with Crippen LogP contribution in [0.25, 0.3) is 0 Å². The number of hydrogen-bond acceptors (Lipinski definition) is 5. The smallest absolute Gasteiger partial charge is 0.338 e. The molecule has 0 heterocycles. The topological polar surface area (TPSA) is 80.8 Å². The highest BCUT2D eigenvalue weighted by Crippen LogP contribution is 2.18. The molecular formula is C19H20ClNO5S. The number of sulfonamides is 1.